The molecule has 2 aliphatic heterocycles. The van der Waals surface area contributed by atoms with E-state index in [2.05, 4.69) is 41.8 Å². The molecule has 4 heterocycles. The average Bonchev–Trinajstić information content (AvgIpc) is 3.47. The quantitative estimate of drug-likeness (QED) is 0.351. The molecule has 208 valence electrons. The average molecular weight is 543 g/mol. The van der Waals surface area contributed by atoms with E-state index in [1.807, 2.05) is 41.3 Å². The number of aliphatic carboxylic acids is 1. The number of aromatic nitrogens is 5. The lowest BCUT2D eigenvalue weighted by molar-refractivity contribution is -0.137. The lowest BCUT2D eigenvalue weighted by Gasteiger charge is -2.34. The molecule has 3 aromatic rings. The zero-order valence-corrected chi connectivity index (χ0v) is 22.7. The van der Waals surface area contributed by atoms with Crippen LogP contribution in [-0.4, -0.2) is 103 Å². The highest BCUT2D eigenvalue weighted by molar-refractivity contribution is 6.02. The third-order valence-electron chi connectivity index (χ3n) is 7.41. The SMILES string of the molecule is C=C/C(=C\c1[nH]c2c(c1-c1ccccc1)CN(CCCN1CCN(CCC(=O)O)CC1)C2=O)c1nnc(C)nn1. The van der Waals surface area contributed by atoms with Crippen molar-refractivity contribution in [1.82, 2.24) is 40.1 Å². The number of aryl methyl sites for hydroxylation is 1. The molecule has 11 nitrogen and oxygen atoms in total. The van der Waals surface area contributed by atoms with Crippen LogP contribution in [0, 0.1) is 6.92 Å². The van der Waals surface area contributed by atoms with E-state index in [0.29, 0.717) is 42.6 Å². The topological polar surface area (TPSA) is 131 Å². The van der Waals surface area contributed by atoms with Crippen molar-refractivity contribution in [3.8, 4) is 11.1 Å². The normalized spacial score (nSPS) is 16.4. The van der Waals surface area contributed by atoms with Gasteiger partial charge in [-0.3, -0.25) is 9.59 Å². The minimum Gasteiger partial charge on any atom is -0.481 e. The van der Waals surface area contributed by atoms with Crippen LogP contribution in [0.5, 0.6) is 0 Å². The molecule has 1 aromatic carbocycles. The number of hydrogen-bond donors (Lipinski definition) is 2. The Kier molecular flexibility index (Phi) is 8.42. The van der Waals surface area contributed by atoms with E-state index in [0.717, 1.165) is 61.5 Å². The number of nitrogens with one attached hydrogen (secondary N) is 1. The molecule has 2 aliphatic rings. The predicted molar refractivity (Wildman–Crippen MR) is 151 cm³/mol. The fraction of sp³-hybridized carbons (Fsp3) is 0.379. The number of fused-ring (bicyclic) bond motifs is 1. The van der Waals surface area contributed by atoms with Crippen molar-refractivity contribution in [2.75, 3.05) is 45.8 Å². The molecule has 0 bridgehead atoms. The third kappa shape index (κ3) is 6.16. The van der Waals surface area contributed by atoms with Crippen LogP contribution in [0.4, 0.5) is 0 Å². The highest BCUT2D eigenvalue weighted by Crippen LogP contribution is 2.37. The Labute approximate surface area is 233 Å². The number of allylic oxidation sites excluding steroid dienone is 2. The number of carbonyl (C=O) groups excluding carboxylic acids is 1. The lowest BCUT2D eigenvalue weighted by Crippen LogP contribution is -2.47. The maximum atomic E-state index is 13.4. The number of rotatable bonds is 11. The molecule has 1 amide bonds. The second-order valence-corrected chi connectivity index (χ2v) is 10.1. The van der Waals surface area contributed by atoms with Crippen LogP contribution in [0.2, 0.25) is 0 Å². The first kappa shape index (κ1) is 27.4. The number of nitrogens with zero attached hydrogens (tertiary/aromatic N) is 7. The van der Waals surface area contributed by atoms with Crippen LogP contribution in [-0.2, 0) is 11.3 Å². The Morgan fingerprint density at radius 2 is 1.70 bits per heavy atom. The summed E-state index contributed by atoms with van der Waals surface area (Å²) < 4.78 is 0. The van der Waals surface area contributed by atoms with Gasteiger partial charge in [0.25, 0.3) is 5.91 Å². The molecule has 2 aromatic heterocycles. The number of carbonyl (C=O) groups is 2. The summed E-state index contributed by atoms with van der Waals surface area (Å²) in [7, 11) is 0. The highest BCUT2D eigenvalue weighted by Gasteiger charge is 2.33. The summed E-state index contributed by atoms with van der Waals surface area (Å²) >= 11 is 0. The van der Waals surface area contributed by atoms with Gasteiger partial charge >= 0.3 is 5.97 Å². The molecule has 11 heteroatoms. The van der Waals surface area contributed by atoms with Crippen molar-refractivity contribution in [3.05, 3.63) is 71.6 Å². The summed E-state index contributed by atoms with van der Waals surface area (Å²) in [6, 6.07) is 10.0. The number of H-pyrrole nitrogens is 1. The molecule has 2 N–H and O–H groups in total. The van der Waals surface area contributed by atoms with Gasteiger partial charge in [0.1, 0.15) is 5.69 Å². The molecule has 0 radical (unpaired) electrons. The highest BCUT2D eigenvalue weighted by atomic mass is 16.4. The van der Waals surface area contributed by atoms with Crippen LogP contribution >= 0.6 is 0 Å². The number of amides is 1. The van der Waals surface area contributed by atoms with Gasteiger partial charge in [-0.1, -0.05) is 43.0 Å². The summed E-state index contributed by atoms with van der Waals surface area (Å²) in [5, 5.41) is 25.2. The Morgan fingerprint density at radius 1 is 1.02 bits per heavy atom. The largest absolute Gasteiger partial charge is 0.481 e. The van der Waals surface area contributed by atoms with Crippen LogP contribution in [0.15, 0.2) is 43.0 Å². The molecule has 0 saturated carbocycles. The van der Waals surface area contributed by atoms with Crippen molar-refractivity contribution in [2.45, 2.75) is 26.3 Å². The molecule has 0 spiro atoms. The van der Waals surface area contributed by atoms with Gasteiger partial charge in [-0.15, -0.1) is 20.4 Å². The van der Waals surface area contributed by atoms with Gasteiger partial charge in [-0.25, -0.2) is 0 Å². The number of carboxylic acid groups (broad SMARTS) is 1. The molecule has 0 atom stereocenters. The van der Waals surface area contributed by atoms with Gasteiger partial charge in [0.05, 0.1) is 6.42 Å². The van der Waals surface area contributed by atoms with E-state index in [1.54, 1.807) is 13.0 Å². The molecule has 0 unspecified atom stereocenters. The maximum Gasteiger partial charge on any atom is 0.304 e. The zero-order chi connectivity index (χ0) is 28.1. The Bertz CT molecular complexity index is 1390. The first-order valence-electron chi connectivity index (χ1n) is 13.6. The summed E-state index contributed by atoms with van der Waals surface area (Å²) in [6.07, 6.45) is 4.62. The zero-order valence-electron chi connectivity index (χ0n) is 22.7. The standard InChI is InChI=1S/C29H34N8O3/c1-3-21(28-33-31-20(2)32-34-28)18-24-26(22-8-5-4-6-9-22)23-19-37(29(40)27(23)30-24)12-7-11-35-14-16-36(17-15-35)13-10-25(38)39/h3-6,8-9,18,30H,1,7,10-17,19H2,2H3,(H,38,39)/b21-18+. The summed E-state index contributed by atoms with van der Waals surface area (Å²) in [6.45, 7) is 12.0. The van der Waals surface area contributed by atoms with Crippen molar-refractivity contribution in [2.24, 2.45) is 0 Å². The van der Waals surface area contributed by atoms with Crippen molar-refractivity contribution < 1.29 is 14.7 Å². The van der Waals surface area contributed by atoms with Crippen molar-refractivity contribution >= 4 is 23.5 Å². The van der Waals surface area contributed by atoms with Crippen LogP contribution in [0.25, 0.3) is 22.8 Å². The molecule has 40 heavy (non-hydrogen) atoms. The van der Waals surface area contributed by atoms with Crippen LogP contribution in [0.1, 0.15) is 46.2 Å². The van der Waals surface area contributed by atoms with Crippen LogP contribution in [0.3, 0.4) is 0 Å². The molecule has 1 saturated heterocycles. The summed E-state index contributed by atoms with van der Waals surface area (Å²) in [4.78, 5) is 34.2. The first-order valence-corrected chi connectivity index (χ1v) is 13.6. The van der Waals surface area contributed by atoms with Crippen molar-refractivity contribution in [3.63, 3.8) is 0 Å². The lowest BCUT2D eigenvalue weighted by atomic mass is 9.99. The van der Waals surface area contributed by atoms with E-state index >= 15 is 0 Å². The second-order valence-electron chi connectivity index (χ2n) is 10.1. The predicted octanol–water partition coefficient (Wildman–Crippen LogP) is 2.73. The molecular formula is C29H34N8O3. The smallest absolute Gasteiger partial charge is 0.304 e. The van der Waals surface area contributed by atoms with Gasteiger partial charge in [-0.05, 0) is 31.5 Å². The van der Waals surface area contributed by atoms with E-state index in [9.17, 15) is 9.59 Å². The molecule has 1 fully saturated rings. The molecule has 0 aliphatic carbocycles. The van der Waals surface area contributed by atoms with Crippen LogP contribution < -0.4 is 0 Å². The minimum absolute atomic E-state index is 0.000364. The summed E-state index contributed by atoms with van der Waals surface area (Å²) in [5.74, 6) is 0.0993. The molecule has 5 rings (SSSR count). The molecular weight excluding hydrogens is 508 g/mol. The van der Waals surface area contributed by atoms with Gasteiger partial charge in [0.2, 0.25) is 5.82 Å². The van der Waals surface area contributed by atoms with E-state index < -0.39 is 5.97 Å². The van der Waals surface area contributed by atoms with E-state index in [4.69, 9.17) is 5.11 Å². The Hall–Kier alpha value is -4.22. The number of piperazine rings is 1. The van der Waals surface area contributed by atoms with Gasteiger partial charge < -0.3 is 24.8 Å². The monoisotopic (exact) mass is 542 g/mol. The minimum atomic E-state index is -0.753. The van der Waals surface area contributed by atoms with E-state index in [-0.39, 0.29) is 12.3 Å². The Morgan fingerprint density at radius 3 is 2.35 bits per heavy atom. The third-order valence-corrected chi connectivity index (χ3v) is 7.41. The van der Waals surface area contributed by atoms with E-state index in [1.165, 1.54) is 0 Å². The summed E-state index contributed by atoms with van der Waals surface area (Å²) in [5.41, 5.74) is 5.05. The number of benzene rings is 1. The first-order chi connectivity index (χ1) is 19.4. The fourth-order valence-corrected chi connectivity index (χ4v) is 5.29. The van der Waals surface area contributed by atoms with Gasteiger partial charge in [0, 0.05) is 68.2 Å². The fourth-order valence-electron chi connectivity index (χ4n) is 5.29. The van der Waals surface area contributed by atoms with Gasteiger partial charge in [0.15, 0.2) is 5.82 Å². The van der Waals surface area contributed by atoms with Gasteiger partial charge in [-0.2, -0.15) is 0 Å². The maximum absolute atomic E-state index is 13.4. The second kappa shape index (κ2) is 12.3. The van der Waals surface area contributed by atoms with Crippen molar-refractivity contribution in [1.29, 1.82) is 0 Å². The number of hydrogen-bond acceptors (Lipinski definition) is 8. The number of carboxylic acids is 1. The Balaban J connectivity index is 1.28. The number of aromatic amines is 1.